The fourth-order valence-corrected chi connectivity index (χ4v) is 10.7. The molecule has 2 aliphatic heterocycles. The van der Waals surface area contributed by atoms with Crippen molar-refractivity contribution in [2.75, 3.05) is 49.9 Å². The Bertz CT molecular complexity index is 2480. The molecule has 0 unspecified atom stereocenters. The third-order valence-electron chi connectivity index (χ3n) is 13.0. The van der Waals surface area contributed by atoms with Gasteiger partial charge in [-0.2, -0.15) is 0 Å². The average molecular weight is 1010 g/mol. The second kappa shape index (κ2) is 22.9. The SMILES string of the molecule is Cc1cc(NC2CCC2)ncc1-c1sc(C(=O)NCC(C)(C)O)nc1C(=O)N1CCC(F)CC1.Cc1cc(NC2CCCCC2)ncc1-c1sc(C(=O)NCC(C)(C)O)nc1C(=O)N1CCC(F)CC1. The minimum atomic E-state index is -1.08. The third kappa shape index (κ3) is 14.0. The van der Waals surface area contributed by atoms with E-state index in [9.17, 15) is 38.2 Å². The second-order valence-electron chi connectivity index (χ2n) is 20.3. The van der Waals surface area contributed by atoms with Gasteiger partial charge in [0, 0.05) is 74.9 Å². The first kappa shape index (κ1) is 52.6. The maximum atomic E-state index is 13.7. The molecule has 0 radical (unpaired) electrons. The van der Waals surface area contributed by atoms with Gasteiger partial charge in [-0.15, -0.1) is 22.7 Å². The van der Waals surface area contributed by atoms with E-state index in [2.05, 4.69) is 41.2 Å². The first-order valence-corrected chi connectivity index (χ1v) is 26.2. The van der Waals surface area contributed by atoms with E-state index in [1.165, 1.54) is 25.7 Å². The van der Waals surface area contributed by atoms with Crippen molar-refractivity contribution in [3.8, 4) is 20.9 Å². The number of aryl methyl sites for hydroxylation is 2. The molecule has 0 aromatic carbocycles. The molecule has 20 heteroatoms. The lowest BCUT2D eigenvalue weighted by molar-refractivity contribution is 0.0652. The van der Waals surface area contributed by atoms with Gasteiger partial charge in [0.25, 0.3) is 23.6 Å². The summed E-state index contributed by atoms with van der Waals surface area (Å²) in [6.45, 7) is 11.7. The summed E-state index contributed by atoms with van der Waals surface area (Å²) in [6, 6.07) is 4.79. The predicted octanol–water partition coefficient (Wildman–Crippen LogP) is 7.89. The topological polar surface area (TPSA) is 215 Å². The highest BCUT2D eigenvalue weighted by Gasteiger charge is 2.33. The molecule has 4 aromatic rings. The van der Waals surface area contributed by atoms with Crippen LogP contribution >= 0.6 is 22.7 Å². The molecule has 4 aliphatic rings. The molecule has 16 nitrogen and oxygen atoms in total. The van der Waals surface area contributed by atoms with Gasteiger partial charge in [0.05, 0.1) is 21.0 Å². The first-order chi connectivity index (χ1) is 33.2. The van der Waals surface area contributed by atoms with Gasteiger partial charge in [-0.3, -0.25) is 19.2 Å². The predicted molar refractivity (Wildman–Crippen MR) is 269 cm³/mol. The zero-order chi connectivity index (χ0) is 50.3. The zero-order valence-corrected chi connectivity index (χ0v) is 42.8. The molecule has 2 saturated heterocycles. The highest BCUT2D eigenvalue weighted by atomic mass is 32.1. The number of amides is 4. The van der Waals surface area contributed by atoms with E-state index < -0.39 is 35.4 Å². The molecule has 0 bridgehead atoms. The number of nitrogens with one attached hydrogen (secondary N) is 4. The van der Waals surface area contributed by atoms with E-state index in [-0.39, 0.29) is 46.3 Å². The van der Waals surface area contributed by atoms with E-state index in [1.807, 2.05) is 26.0 Å². The minimum absolute atomic E-state index is 0.0517. The molecule has 380 valence electrons. The molecular weight excluding hydrogens is 939 g/mol. The number of alkyl halides is 2. The lowest BCUT2D eigenvalue weighted by Gasteiger charge is -2.28. The molecule has 6 heterocycles. The Kier molecular flexibility index (Phi) is 17.2. The van der Waals surface area contributed by atoms with Crippen molar-refractivity contribution in [3.05, 3.63) is 57.1 Å². The molecule has 4 fully saturated rings. The van der Waals surface area contributed by atoms with Crippen LogP contribution in [-0.4, -0.2) is 138 Å². The van der Waals surface area contributed by atoms with Crippen LogP contribution in [0.3, 0.4) is 0 Å². The number of thiazole rings is 2. The summed E-state index contributed by atoms with van der Waals surface area (Å²) < 4.78 is 27.3. The van der Waals surface area contributed by atoms with Crippen LogP contribution in [0.4, 0.5) is 20.4 Å². The van der Waals surface area contributed by atoms with Crippen LogP contribution in [0.1, 0.15) is 156 Å². The van der Waals surface area contributed by atoms with Gasteiger partial charge in [0.2, 0.25) is 0 Å². The summed E-state index contributed by atoms with van der Waals surface area (Å²) >= 11 is 2.26. The molecule has 0 spiro atoms. The monoisotopic (exact) mass is 1010 g/mol. The van der Waals surface area contributed by atoms with Gasteiger partial charge in [-0.25, -0.2) is 28.7 Å². The number of nitrogens with zero attached hydrogens (tertiary/aromatic N) is 6. The highest BCUT2D eigenvalue weighted by Crippen LogP contribution is 2.37. The maximum Gasteiger partial charge on any atom is 0.280 e. The summed E-state index contributed by atoms with van der Waals surface area (Å²) in [4.78, 5) is 74.7. The number of hydrogen-bond acceptors (Lipinski definition) is 14. The van der Waals surface area contributed by atoms with Gasteiger partial charge >= 0.3 is 0 Å². The summed E-state index contributed by atoms with van der Waals surface area (Å²) in [5.41, 5.74) is 1.53. The summed E-state index contributed by atoms with van der Waals surface area (Å²) in [7, 11) is 0. The third-order valence-corrected chi connectivity index (χ3v) is 15.1. The van der Waals surface area contributed by atoms with Crippen molar-refractivity contribution in [1.29, 1.82) is 0 Å². The van der Waals surface area contributed by atoms with Crippen LogP contribution in [0.15, 0.2) is 24.5 Å². The molecule has 8 rings (SSSR count). The zero-order valence-electron chi connectivity index (χ0n) is 41.1. The molecule has 2 saturated carbocycles. The molecule has 2 aliphatic carbocycles. The molecule has 70 heavy (non-hydrogen) atoms. The van der Waals surface area contributed by atoms with Crippen LogP contribution in [0.2, 0.25) is 0 Å². The van der Waals surface area contributed by atoms with E-state index >= 15 is 0 Å². The van der Waals surface area contributed by atoms with Crippen LogP contribution in [0.25, 0.3) is 20.9 Å². The average Bonchev–Trinajstić information content (AvgIpc) is 3.95. The van der Waals surface area contributed by atoms with Gasteiger partial charge in [-0.05, 0) is 123 Å². The van der Waals surface area contributed by atoms with Gasteiger partial charge < -0.3 is 41.3 Å². The van der Waals surface area contributed by atoms with Crippen molar-refractivity contribution in [3.63, 3.8) is 0 Å². The number of piperidine rings is 2. The lowest BCUT2D eigenvalue weighted by Crippen LogP contribution is -2.39. The number of anilines is 2. The largest absolute Gasteiger partial charge is 0.389 e. The summed E-state index contributed by atoms with van der Waals surface area (Å²) in [5, 5.41) is 32.5. The van der Waals surface area contributed by atoms with Gasteiger partial charge in [-0.1, -0.05) is 19.3 Å². The number of pyridine rings is 2. The quantitative estimate of drug-likeness (QED) is 0.0712. The fourth-order valence-electron chi connectivity index (χ4n) is 8.60. The van der Waals surface area contributed by atoms with E-state index in [0.717, 1.165) is 82.2 Å². The van der Waals surface area contributed by atoms with Crippen LogP contribution in [0, 0.1) is 13.8 Å². The minimum Gasteiger partial charge on any atom is -0.389 e. The molecule has 4 amide bonds. The van der Waals surface area contributed by atoms with Crippen LogP contribution in [0.5, 0.6) is 0 Å². The number of hydrogen-bond donors (Lipinski definition) is 6. The van der Waals surface area contributed by atoms with E-state index in [0.29, 0.717) is 73.7 Å². The Morgan fingerprint density at radius 3 is 1.31 bits per heavy atom. The van der Waals surface area contributed by atoms with Crippen molar-refractivity contribution >= 4 is 57.9 Å². The molecular formula is C50H68F2N10O6S2. The Labute approximate surface area is 416 Å². The number of rotatable bonds is 14. The summed E-state index contributed by atoms with van der Waals surface area (Å²) in [5.74, 6) is 0.0642. The first-order valence-electron chi connectivity index (χ1n) is 24.6. The normalized spacial score (nSPS) is 17.6. The number of aliphatic hydroxyl groups is 2. The van der Waals surface area contributed by atoms with Crippen molar-refractivity contribution in [2.45, 2.75) is 154 Å². The Hall–Kier alpha value is -5.18. The highest BCUT2D eigenvalue weighted by molar-refractivity contribution is 7.17. The number of carbonyl (C=O) groups is 4. The summed E-state index contributed by atoms with van der Waals surface area (Å²) in [6.07, 6.45) is 12.3. The van der Waals surface area contributed by atoms with Crippen LogP contribution < -0.4 is 21.3 Å². The van der Waals surface area contributed by atoms with Crippen molar-refractivity contribution in [1.82, 2.24) is 40.4 Å². The number of aromatic nitrogens is 4. The number of carbonyl (C=O) groups excluding carboxylic acids is 4. The Morgan fingerprint density at radius 2 is 0.986 bits per heavy atom. The molecule has 0 atom stereocenters. The smallest absolute Gasteiger partial charge is 0.280 e. The van der Waals surface area contributed by atoms with E-state index in [4.69, 9.17) is 0 Å². The Morgan fingerprint density at radius 1 is 0.614 bits per heavy atom. The van der Waals surface area contributed by atoms with Crippen LogP contribution in [-0.2, 0) is 0 Å². The second-order valence-corrected chi connectivity index (χ2v) is 22.3. The van der Waals surface area contributed by atoms with Crippen molar-refractivity contribution in [2.24, 2.45) is 0 Å². The molecule has 6 N–H and O–H groups in total. The number of likely N-dealkylation sites (tertiary alicyclic amines) is 2. The number of halogens is 2. The molecule has 4 aromatic heterocycles. The lowest BCUT2D eigenvalue weighted by atomic mass is 9.93. The van der Waals surface area contributed by atoms with E-state index in [1.54, 1.807) is 49.9 Å². The Balaban J connectivity index is 0.000000207. The van der Waals surface area contributed by atoms with Crippen molar-refractivity contribution < 1.29 is 38.2 Å². The van der Waals surface area contributed by atoms with Gasteiger partial charge in [0.15, 0.2) is 10.0 Å². The maximum absolute atomic E-state index is 13.7. The standard InChI is InChI=1S/C26H36FN5O3S.C24H32FN5O3S/c1-16-13-20(30-18-7-5-4-6-8-18)28-14-19(16)22-21(25(34)32-11-9-17(27)10-12-32)31-24(36-22)23(33)29-15-26(2,3)35;1-14-11-18(28-16-5-4-6-16)26-12-17(14)20-19(23(32)30-9-7-15(25)8-10-30)29-22(34-20)21(31)27-13-24(2,3)33/h13-14,17-18,35H,4-12,15H2,1-3H3,(H,28,30)(H,29,33);11-12,15-16,33H,4-10,13H2,1-3H3,(H,26,28)(H,27,31). The fraction of sp³-hybridized carbons (Fsp3) is 0.600. The van der Waals surface area contributed by atoms with Gasteiger partial charge in [0.1, 0.15) is 35.4 Å².